The van der Waals surface area contributed by atoms with E-state index >= 15 is 0 Å². The Morgan fingerprint density at radius 3 is 2.93 bits per heavy atom. The van der Waals surface area contributed by atoms with E-state index in [1.165, 1.54) is 0 Å². The van der Waals surface area contributed by atoms with Gasteiger partial charge in [0.1, 0.15) is 0 Å². The number of aliphatic carboxylic acids is 1. The number of nitrogens with zero attached hydrogens (tertiary/aromatic N) is 1. The lowest BCUT2D eigenvalue weighted by Gasteiger charge is -2.05. The predicted octanol–water partition coefficient (Wildman–Crippen LogP) is 2.80. The van der Waals surface area contributed by atoms with Gasteiger partial charge >= 0.3 is 5.97 Å². The van der Waals surface area contributed by atoms with Crippen molar-refractivity contribution >= 4 is 33.7 Å². The predicted molar refractivity (Wildman–Crippen MR) is 64.9 cm³/mol. The highest BCUT2D eigenvalue weighted by molar-refractivity contribution is 9.10. The molecule has 3 nitrogen and oxygen atoms in total. The number of carboxylic acid groups (broad SMARTS) is 1. The minimum absolute atomic E-state index is 0.301. The molecule has 82 valence electrons. The molecule has 0 amide bonds. The van der Waals surface area contributed by atoms with Gasteiger partial charge in [0.15, 0.2) is 0 Å². The van der Waals surface area contributed by atoms with E-state index in [4.69, 9.17) is 5.11 Å². The molecule has 1 aromatic heterocycles. The highest BCUT2D eigenvalue weighted by Gasteiger charge is 2.10. The fraction of sp³-hybridized carbons (Fsp3) is 0.400. The lowest BCUT2D eigenvalue weighted by molar-refractivity contribution is -0.140. The summed E-state index contributed by atoms with van der Waals surface area (Å²) in [5.41, 5.74) is 0.973. The highest BCUT2D eigenvalue weighted by atomic mass is 79.9. The van der Waals surface area contributed by atoms with Crippen molar-refractivity contribution in [3.63, 3.8) is 0 Å². The molecule has 0 bridgehead atoms. The topological polar surface area (TPSA) is 50.2 Å². The zero-order valence-corrected chi connectivity index (χ0v) is 10.7. The van der Waals surface area contributed by atoms with Crippen LogP contribution in [0.15, 0.2) is 22.8 Å². The number of pyridine rings is 1. The van der Waals surface area contributed by atoms with Crippen molar-refractivity contribution in [2.75, 3.05) is 5.75 Å². The van der Waals surface area contributed by atoms with E-state index in [0.717, 1.165) is 15.9 Å². The van der Waals surface area contributed by atoms with Gasteiger partial charge in [-0.25, -0.2) is 0 Å². The van der Waals surface area contributed by atoms with Gasteiger partial charge in [-0.2, -0.15) is 11.8 Å². The maximum atomic E-state index is 10.6. The molecule has 1 heterocycles. The zero-order valence-electron chi connectivity index (χ0n) is 8.31. The Labute approximate surface area is 101 Å². The SMILES string of the molecule is CC(CSCc1ccc(Br)cn1)C(=O)O. The Morgan fingerprint density at radius 2 is 2.40 bits per heavy atom. The number of thioether (sulfide) groups is 1. The minimum Gasteiger partial charge on any atom is -0.481 e. The summed E-state index contributed by atoms with van der Waals surface area (Å²) < 4.78 is 0.954. The molecule has 0 aliphatic rings. The number of carboxylic acids is 1. The minimum atomic E-state index is -0.744. The van der Waals surface area contributed by atoms with Crippen molar-refractivity contribution in [1.82, 2.24) is 4.98 Å². The van der Waals surface area contributed by atoms with Crippen LogP contribution in [0.2, 0.25) is 0 Å². The van der Waals surface area contributed by atoms with Crippen LogP contribution >= 0.6 is 27.7 Å². The summed E-state index contributed by atoms with van der Waals surface area (Å²) in [5, 5.41) is 8.68. The van der Waals surface area contributed by atoms with Gasteiger partial charge in [0, 0.05) is 22.2 Å². The second kappa shape index (κ2) is 6.12. The molecule has 1 N–H and O–H groups in total. The van der Waals surface area contributed by atoms with Crippen LogP contribution in [0.1, 0.15) is 12.6 Å². The van der Waals surface area contributed by atoms with E-state index < -0.39 is 5.97 Å². The van der Waals surface area contributed by atoms with Crippen LogP contribution in [0.25, 0.3) is 0 Å². The zero-order chi connectivity index (χ0) is 11.3. The molecule has 0 radical (unpaired) electrons. The second-order valence-electron chi connectivity index (χ2n) is 3.22. The molecular weight excluding hydrogens is 278 g/mol. The number of halogens is 1. The van der Waals surface area contributed by atoms with Crippen LogP contribution in [-0.2, 0) is 10.5 Å². The van der Waals surface area contributed by atoms with Crippen molar-refractivity contribution in [2.24, 2.45) is 5.92 Å². The first-order chi connectivity index (χ1) is 7.09. The summed E-state index contributed by atoms with van der Waals surface area (Å²) in [6, 6.07) is 3.87. The molecule has 1 atom stereocenters. The van der Waals surface area contributed by atoms with Gasteiger partial charge < -0.3 is 5.11 Å². The Balaban J connectivity index is 2.32. The van der Waals surface area contributed by atoms with Crippen molar-refractivity contribution in [3.8, 4) is 0 Å². The molecule has 1 aromatic rings. The average Bonchev–Trinajstić information content (AvgIpc) is 2.20. The summed E-state index contributed by atoms with van der Waals surface area (Å²) in [4.78, 5) is 14.8. The van der Waals surface area contributed by atoms with E-state index in [9.17, 15) is 4.79 Å². The molecule has 0 fully saturated rings. The first kappa shape index (κ1) is 12.5. The molecule has 15 heavy (non-hydrogen) atoms. The van der Waals surface area contributed by atoms with E-state index in [1.54, 1.807) is 24.9 Å². The first-order valence-corrected chi connectivity index (χ1v) is 6.45. The summed E-state index contributed by atoms with van der Waals surface area (Å²) >= 11 is 4.90. The molecule has 0 saturated heterocycles. The summed E-state index contributed by atoms with van der Waals surface area (Å²) in [7, 11) is 0. The van der Waals surface area contributed by atoms with Crippen molar-refractivity contribution < 1.29 is 9.90 Å². The lowest BCUT2D eigenvalue weighted by atomic mass is 10.2. The number of rotatable bonds is 5. The van der Waals surface area contributed by atoms with Gasteiger partial charge in [0.05, 0.1) is 11.6 Å². The van der Waals surface area contributed by atoms with Crippen molar-refractivity contribution in [3.05, 3.63) is 28.5 Å². The first-order valence-electron chi connectivity index (χ1n) is 4.50. The molecule has 5 heteroatoms. The van der Waals surface area contributed by atoms with Crippen LogP contribution in [0, 0.1) is 5.92 Å². The third-order valence-corrected chi connectivity index (χ3v) is 3.53. The highest BCUT2D eigenvalue weighted by Crippen LogP contribution is 2.15. The molecule has 0 aliphatic carbocycles. The van der Waals surface area contributed by atoms with Crippen LogP contribution in [-0.4, -0.2) is 21.8 Å². The molecule has 0 aliphatic heterocycles. The summed E-state index contributed by atoms with van der Waals surface area (Å²) in [6.45, 7) is 1.71. The number of hydrogen-bond acceptors (Lipinski definition) is 3. The number of aromatic nitrogens is 1. The van der Waals surface area contributed by atoms with E-state index in [2.05, 4.69) is 20.9 Å². The van der Waals surface area contributed by atoms with Gasteiger partial charge in [-0.15, -0.1) is 0 Å². The summed E-state index contributed by atoms with van der Waals surface area (Å²) in [6.07, 6.45) is 1.75. The monoisotopic (exact) mass is 289 g/mol. The standard InChI is InChI=1S/C10H12BrNO2S/c1-7(10(13)14)5-15-6-9-3-2-8(11)4-12-9/h2-4,7H,5-6H2,1H3,(H,13,14). The number of carbonyl (C=O) groups is 1. The average molecular weight is 290 g/mol. The largest absolute Gasteiger partial charge is 0.481 e. The van der Waals surface area contributed by atoms with Crippen LogP contribution in [0.3, 0.4) is 0 Å². The Morgan fingerprint density at radius 1 is 1.67 bits per heavy atom. The van der Waals surface area contributed by atoms with Gasteiger partial charge in [-0.1, -0.05) is 6.92 Å². The molecule has 1 unspecified atom stereocenters. The molecular formula is C10H12BrNO2S. The molecule has 1 rings (SSSR count). The van der Waals surface area contributed by atoms with Gasteiger partial charge in [0.2, 0.25) is 0 Å². The quantitative estimate of drug-likeness (QED) is 0.906. The maximum Gasteiger partial charge on any atom is 0.307 e. The van der Waals surface area contributed by atoms with Crippen LogP contribution in [0.5, 0.6) is 0 Å². The molecule has 0 aromatic carbocycles. The van der Waals surface area contributed by atoms with Crippen LogP contribution < -0.4 is 0 Å². The van der Waals surface area contributed by atoms with Gasteiger partial charge in [-0.3, -0.25) is 9.78 Å². The van der Waals surface area contributed by atoms with Crippen molar-refractivity contribution in [1.29, 1.82) is 0 Å². The molecule has 0 spiro atoms. The normalized spacial score (nSPS) is 12.4. The van der Waals surface area contributed by atoms with Crippen LogP contribution in [0.4, 0.5) is 0 Å². The maximum absolute atomic E-state index is 10.6. The lowest BCUT2D eigenvalue weighted by Crippen LogP contribution is -2.11. The van der Waals surface area contributed by atoms with E-state index in [-0.39, 0.29) is 5.92 Å². The van der Waals surface area contributed by atoms with E-state index in [1.807, 2.05) is 12.1 Å². The Hall–Kier alpha value is -0.550. The summed E-state index contributed by atoms with van der Waals surface area (Å²) in [5.74, 6) is 0.328. The third kappa shape index (κ3) is 4.66. The third-order valence-electron chi connectivity index (χ3n) is 1.83. The Bertz CT molecular complexity index is 329. The second-order valence-corrected chi connectivity index (χ2v) is 5.17. The number of hydrogen-bond donors (Lipinski definition) is 1. The fourth-order valence-corrected chi connectivity index (χ4v) is 2.13. The van der Waals surface area contributed by atoms with E-state index in [0.29, 0.717) is 5.75 Å². The Kier molecular flexibility index (Phi) is 5.11. The fourth-order valence-electron chi connectivity index (χ4n) is 0.903. The van der Waals surface area contributed by atoms with Gasteiger partial charge in [0.25, 0.3) is 0 Å². The van der Waals surface area contributed by atoms with Gasteiger partial charge in [-0.05, 0) is 28.1 Å². The smallest absolute Gasteiger partial charge is 0.307 e. The van der Waals surface area contributed by atoms with Crippen molar-refractivity contribution in [2.45, 2.75) is 12.7 Å². The molecule has 0 saturated carbocycles.